The van der Waals surface area contributed by atoms with E-state index < -0.39 is 5.41 Å². The number of hydrogen-bond acceptors (Lipinski definition) is 3. The van der Waals surface area contributed by atoms with Crippen LogP contribution in [0.1, 0.15) is 34.1 Å². The number of carbonyl (C=O) groups is 1. The second kappa shape index (κ2) is 7.33. The number of Topliss-reactive ketones (excluding diaryl/α,β-unsaturated/α-hetero) is 1. The van der Waals surface area contributed by atoms with Crippen molar-refractivity contribution in [2.45, 2.75) is 23.7 Å². The summed E-state index contributed by atoms with van der Waals surface area (Å²) in [6, 6.07) is 33.4. The number of carbonyl (C=O) groups excluding carboxylic acids is 1. The summed E-state index contributed by atoms with van der Waals surface area (Å²) < 4.78 is 12.2. The van der Waals surface area contributed by atoms with Gasteiger partial charge < -0.3 is 9.47 Å². The van der Waals surface area contributed by atoms with Gasteiger partial charge in [-0.2, -0.15) is 0 Å². The molecule has 3 aliphatic rings. The molecule has 3 heteroatoms. The minimum atomic E-state index is -0.526. The zero-order valence-electron chi connectivity index (χ0n) is 18.7. The maximum Gasteiger partial charge on any atom is 0.156 e. The molecule has 3 nitrogen and oxygen atoms in total. The van der Waals surface area contributed by atoms with E-state index in [9.17, 15) is 4.79 Å². The van der Waals surface area contributed by atoms with E-state index in [1.165, 1.54) is 11.1 Å². The van der Waals surface area contributed by atoms with Crippen molar-refractivity contribution >= 4 is 5.78 Å². The SMILES string of the molecule is O=C1[C@H]2c3cc(-c4cccc(C5COc6ccccc6C5)c4)ccc3OCC12c1ccccc1. The Kier molecular flexibility index (Phi) is 4.22. The maximum atomic E-state index is 13.1. The molecular weight excluding hydrogens is 420 g/mol. The minimum Gasteiger partial charge on any atom is -0.493 e. The van der Waals surface area contributed by atoms with Crippen LogP contribution >= 0.6 is 0 Å². The van der Waals surface area contributed by atoms with Crippen molar-refractivity contribution in [1.29, 1.82) is 0 Å². The van der Waals surface area contributed by atoms with E-state index in [0.29, 0.717) is 19.1 Å². The Labute approximate surface area is 199 Å². The molecule has 2 unspecified atom stereocenters. The second-order valence-electron chi connectivity index (χ2n) is 9.62. The summed E-state index contributed by atoms with van der Waals surface area (Å²) in [4.78, 5) is 13.1. The average molecular weight is 445 g/mol. The molecular formula is C31H24O3. The summed E-state index contributed by atoms with van der Waals surface area (Å²) in [5.41, 5.74) is 6.36. The van der Waals surface area contributed by atoms with E-state index >= 15 is 0 Å². The van der Waals surface area contributed by atoms with Gasteiger partial charge in [0.2, 0.25) is 0 Å². The average Bonchev–Trinajstić information content (AvgIpc) is 3.54. The van der Waals surface area contributed by atoms with Gasteiger partial charge in [-0.1, -0.05) is 78.9 Å². The van der Waals surface area contributed by atoms with Crippen LogP contribution in [0.4, 0.5) is 0 Å². The Morgan fingerprint density at radius 3 is 2.47 bits per heavy atom. The third-order valence-electron chi connectivity index (χ3n) is 7.75. The van der Waals surface area contributed by atoms with Gasteiger partial charge in [0, 0.05) is 11.5 Å². The quantitative estimate of drug-likeness (QED) is 0.385. The van der Waals surface area contributed by atoms with E-state index in [-0.39, 0.29) is 11.7 Å². The third kappa shape index (κ3) is 2.86. The molecule has 34 heavy (non-hydrogen) atoms. The van der Waals surface area contributed by atoms with Gasteiger partial charge in [-0.15, -0.1) is 0 Å². The summed E-state index contributed by atoms with van der Waals surface area (Å²) in [5, 5.41) is 0. The third-order valence-corrected chi connectivity index (χ3v) is 7.75. The number of benzene rings is 4. The second-order valence-corrected chi connectivity index (χ2v) is 9.62. The van der Waals surface area contributed by atoms with E-state index in [1.807, 2.05) is 48.5 Å². The van der Waals surface area contributed by atoms with Crippen LogP contribution in [-0.2, 0) is 16.6 Å². The molecule has 0 amide bonds. The lowest BCUT2D eigenvalue weighted by atomic mass is 9.87. The molecule has 0 bridgehead atoms. The highest BCUT2D eigenvalue weighted by Crippen LogP contribution is 2.61. The molecule has 0 aromatic heterocycles. The molecule has 3 atom stereocenters. The predicted octanol–water partition coefficient (Wildman–Crippen LogP) is 6.07. The van der Waals surface area contributed by atoms with Crippen LogP contribution in [0.3, 0.4) is 0 Å². The highest BCUT2D eigenvalue weighted by molar-refractivity contribution is 6.15. The Hall–Kier alpha value is -3.85. The van der Waals surface area contributed by atoms with Gasteiger partial charge in [0.05, 0.1) is 12.5 Å². The van der Waals surface area contributed by atoms with E-state index in [1.54, 1.807) is 0 Å². The molecule has 1 aliphatic carbocycles. The standard InChI is InChI=1S/C31H24O3/c32-30-29-26-17-22(13-14-28(26)34-19-31(29,30)25-10-2-1-3-11-25)20-8-6-9-21(15-20)24-16-23-7-4-5-12-27(23)33-18-24/h1-15,17,24,29H,16,18-19H2/t24?,29-,31?/m1/s1. The number of rotatable bonds is 3. The fraction of sp³-hybridized carbons (Fsp3) is 0.194. The topological polar surface area (TPSA) is 35.5 Å². The Morgan fingerprint density at radius 1 is 0.735 bits per heavy atom. The Bertz CT molecular complexity index is 1420. The number of ether oxygens (including phenoxy) is 2. The van der Waals surface area contributed by atoms with Gasteiger partial charge in [-0.3, -0.25) is 4.79 Å². The first-order valence-electron chi connectivity index (χ1n) is 11.9. The number of ketones is 1. The van der Waals surface area contributed by atoms with Crippen molar-refractivity contribution in [3.05, 3.63) is 119 Å². The first-order valence-corrected chi connectivity index (χ1v) is 11.9. The zero-order valence-corrected chi connectivity index (χ0v) is 18.7. The van der Waals surface area contributed by atoms with E-state index in [4.69, 9.17) is 9.47 Å². The zero-order chi connectivity index (χ0) is 22.7. The summed E-state index contributed by atoms with van der Waals surface area (Å²) in [6.45, 7) is 1.11. The van der Waals surface area contributed by atoms with Crippen LogP contribution in [0.25, 0.3) is 11.1 Å². The lowest BCUT2D eigenvalue weighted by Crippen LogP contribution is -2.25. The molecule has 2 heterocycles. The minimum absolute atomic E-state index is 0.120. The number of fused-ring (bicyclic) bond motifs is 4. The highest BCUT2D eigenvalue weighted by Gasteiger charge is 2.69. The van der Waals surface area contributed by atoms with Crippen LogP contribution in [0.15, 0.2) is 97.1 Å². The van der Waals surface area contributed by atoms with Crippen molar-refractivity contribution in [1.82, 2.24) is 0 Å². The van der Waals surface area contributed by atoms with Gasteiger partial charge in [-0.25, -0.2) is 0 Å². The van der Waals surface area contributed by atoms with Gasteiger partial charge in [0.15, 0.2) is 5.78 Å². The number of hydrogen-bond donors (Lipinski definition) is 0. The fourth-order valence-electron chi connectivity index (χ4n) is 5.83. The van der Waals surface area contributed by atoms with Gasteiger partial charge in [0.1, 0.15) is 23.5 Å². The van der Waals surface area contributed by atoms with Crippen LogP contribution in [0, 0.1) is 0 Å². The lowest BCUT2D eigenvalue weighted by molar-refractivity contribution is -0.112. The van der Waals surface area contributed by atoms with Crippen molar-refractivity contribution in [3.63, 3.8) is 0 Å². The molecule has 166 valence electrons. The van der Waals surface area contributed by atoms with Crippen molar-refractivity contribution in [2.24, 2.45) is 0 Å². The van der Waals surface area contributed by atoms with E-state index in [0.717, 1.165) is 40.2 Å². The summed E-state index contributed by atoms with van der Waals surface area (Å²) in [5.74, 6) is 2.30. The van der Waals surface area contributed by atoms with Gasteiger partial charge >= 0.3 is 0 Å². The van der Waals surface area contributed by atoms with Crippen LogP contribution < -0.4 is 9.47 Å². The molecule has 7 rings (SSSR count). The Balaban J connectivity index is 1.22. The summed E-state index contributed by atoms with van der Waals surface area (Å²) in [7, 11) is 0. The molecule has 0 N–H and O–H groups in total. The van der Waals surface area contributed by atoms with Gasteiger partial charge in [-0.05, 0) is 52.4 Å². The van der Waals surface area contributed by atoms with Gasteiger partial charge in [0.25, 0.3) is 0 Å². The summed E-state index contributed by atoms with van der Waals surface area (Å²) in [6.07, 6.45) is 0.980. The molecule has 1 saturated carbocycles. The fourth-order valence-corrected chi connectivity index (χ4v) is 5.83. The number of para-hydroxylation sites is 1. The largest absolute Gasteiger partial charge is 0.493 e. The normalized spacial score (nSPS) is 24.2. The molecule has 4 aromatic rings. The van der Waals surface area contributed by atoms with E-state index in [2.05, 4.69) is 48.5 Å². The maximum absolute atomic E-state index is 13.1. The first kappa shape index (κ1) is 19.6. The monoisotopic (exact) mass is 444 g/mol. The molecule has 0 saturated heterocycles. The van der Waals surface area contributed by atoms with Crippen molar-refractivity contribution in [2.75, 3.05) is 13.2 Å². The molecule has 2 aliphatic heterocycles. The molecule has 4 aromatic carbocycles. The lowest BCUT2D eigenvalue weighted by Gasteiger charge is -2.26. The van der Waals surface area contributed by atoms with Crippen molar-refractivity contribution < 1.29 is 14.3 Å². The molecule has 1 fully saturated rings. The predicted molar refractivity (Wildman–Crippen MR) is 132 cm³/mol. The summed E-state index contributed by atoms with van der Waals surface area (Å²) >= 11 is 0. The smallest absolute Gasteiger partial charge is 0.156 e. The van der Waals surface area contributed by atoms with Crippen molar-refractivity contribution in [3.8, 4) is 22.6 Å². The first-order chi connectivity index (χ1) is 16.7. The van der Waals surface area contributed by atoms with Crippen LogP contribution in [0.5, 0.6) is 11.5 Å². The molecule has 0 radical (unpaired) electrons. The van der Waals surface area contributed by atoms with Crippen LogP contribution in [0.2, 0.25) is 0 Å². The molecule has 0 spiro atoms. The van der Waals surface area contributed by atoms with Crippen LogP contribution in [-0.4, -0.2) is 19.0 Å². The Morgan fingerprint density at radius 2 is 1.56 bits per heavy atom. The highest BCUT2D eigenvalue weighted by atomic mass is 16.5.